The molecule has 2 fully saturated rings. The Balaban J connectivity index is 1.75. The van der Waals surface area contributed by atoms with E-state index in [1.807, 2.05) is 25.7 Å². The van der Waals surface area contributed by atoms with E-state index < -0.39 is 5.60 Å². The zero-order valence-corrected chi connectivity index (χ0v) is 14.7. The lowest BCUT2D eigenvalue weighted by Crippen LogP contribution is -2.47. The first-order valence-electron chi connectivity index (χ1n) is 8.82. The predicted molar refractivity (Wildman–Crippen MR) is 89.1 cm³/mol. The topological polar surface area (TPSA) is 44.8 Å². The average molecular weight is 311 g/mol. The van der Waals surface area contributed by atoms with Gasteiger partial charge in [-0.15, -0.1) is 0 Å². The molecule has 5 nitrogen and oxygen atoms in total. The first kappa shape index (κ1) is 17.5. The van der Waals surface area contributed by atoms with Crippen LogP contribution in [0.25, 0.3) is 0 Å². The second-order valence-corrected chi connectivity index (χ2v) is 7.67. The van der Waals surface area contributed by atoms with Crippen LogP contribution in [0.4, 0.5) is 4.79 Å². The monoisotopic (exact) mass is 311 g/mol. The van der Waals surface area contributed by atoms with Crippen molar-refractivity contribution in [3.8, 4) is 0 Å². The maximum atomic E-state index is 12.2. The molecule has 0 saturated carbocycles. The lowest BCUT2D eigenvalue weighted by atomic mass is 9.94. The SMILES string of the molecule is CCCN(CCNC1CCN2CCC1C2)C(=O)OC(C)(C)C. The number of hydrogen-bond acceptors (Lipinski definition) is 4. The van der Waals surface area contributed by atoms with Gasteiger partial charge in [0.2, 0.25) is 0 Å². The summed E-state index contributed by atoms with van der Waals surface area (Å²) >= 11 is 0. The van der Waals surface area contributed by atoms with Crippen molar-refractivity contribution >= 4 is 6.09 Å². The van der Waals surface area contributed by atoms with Crippen LogP contribution in [0.3, 0.4) is 0 Å². The molecule has 2 saturated heterocycles. The molecular weight excluding hydrogens is 278 g/mol. The van der Waals surface area contributed by atoms with Crippen molar-refractivity contribution in [2.75, 3.05) is 39.3 Å². The maximum Gasteiger partial charge on any atom is 0.410 e. The second kappa shape index (κ2) is 7.64. The molecule has 2 rings (SSSR count). The summed E-state index contributed by atoms with van der Waals surface area (Å²) in [6.45, 7) is 13.9. The fourth-order valence-corrected chi connectivity index (χ4v) is 3.50. The van der Waals surface area contributed by atoms with Gasteiger partial charge >= 0.3 is 6.09 Å². The van der Waals surface area contributed by atoms with Crippen LogP contribution in [0.2, 0.25) is 0 Å². The number of rotatable bonds is 6. The molecule has 0 aromatic carbocycles. The van der Waals surface area contributed by atoms with Gasteiger partial charge in [0.1, 0.15) is 5.60 Å². The molecule has 2 bridgehead atoms. The van der Waals surface area contributed by atoms with Crippen molar-refractivity contribution in [2.24, 2.45) is 5.92 Å². The van der Waals surface area contributed by atoms with Crippen molar-refractivity contribution in [1.82, 2.24) is 15.1 Å². The van der Waals surface area contributed by atoms with Crippen LogP contribution in [0.1, 0.15) is 47.0 Å². The summed E-state index contributed by atoms with van der Waals surface area (Å²) in [5.74, 6) is 0.801. The summed E-state index contributed by atoms with van der Waals surface area (Å²) in [4.78, 5) is 16.6. The Morgan fingerprint density at radius 1 is 1.27 bits per heavy atom. The van der Waals surface area contributed by atoms with Crippen molar-refractivity contribution in [1.29, 1.82) is 0 Å². The third-order valence-electron chi connectivity index (χ3n) is 4.57. The maximum absolute atomic E-state index is 12.2. The Hall–Kier alpha value is -0.810. The lowest BCUT2D eigenvalue weighted by Gasteiger charge is -2.32. The quantitative estimate of drug-likeness (QED) is 0.817. The van der Waals surface area contributed by atoms with E-state index in [1.54, 1.807) is 0 Å². The van der Waals surface area contributed by atoms with Gasteiger partial charge in [-0.25, -0.2) is 4.79 Å². The number of amides is 1. The molecule has 0 aromatic rings. The van der Waals surface area contributed by atoms with Crippen molar-refractivity contribution < 1.29 is 9.53 Å². The van der Waals surface area contributed by atoms with Gasteiger partial charge in [-0.3, -0.25) is 0 Å². The molecule has 3 atom stereocenters. The first-order chi connectivity index (χ1) is 10.4. The summed E-state index contributed by atoms with van der Waals surface area (Å²) in [6, 6.07) is 0.626. The fraction of sp³-hybridized carbons (Fsp3) is 0.941. The number of carbonyl (C=O) groups is 1. The summed E-state index contributed by atoms with van der Waals surface area (Å²) in [6.07, 6.45) is 3.33. The average Bonchev–Trinajstić information content (AvgIpc) is 2.81. The van der Waals surface area contributed by atoms with Crippen molar-refractivity contribution in [3.63, 3.8) is 0 Å². The van der Waals surface area contributed by atoms with E-state index in [9.17, 15) is 4.79 Å². The Morgan fingerprint density at radius 2 is 2.00 bits per heavy atom. The van der Waals surface area contributed by atoms with Gasteiger partial charge in [-0.05, 0) is 59.0 Å². The van der Waals surface area contributed by atoms with Crippen LogP contribution in [0.5, 0.6) is 0 Å². The highest BCUT2D eigenvalue weighted by Gasteiger charge is 2.33. The Labute approximate surface area is 135 Å². The zero-order valence-electron chi connectivity index (χ0n) is 14.7. The zero-order chi connectivity index (χ0) is 16.2. The Bertz CT molecular complexity index is 367. The minimum Gasteiger partial charge on any atom is -0.444 e. The van der Waals surface area contributed by atoms with Gasteiger partial charge in [0.05, 0.1) is 0 Å². The molecule has 3 unspecified atom stereocenters. The molecule has 2 heterocycles. The summed E-state index contributed by atoms with van der Waals surface area (Å²) in [5, 5.41) is 3.68. The van der Waals surface area contributed by atoms with E-state index in [-0.39, 0.29) is 6.09 Å². The van der Waals surface area contributed by atoms with Gasteiger partial charge < -0.3 is 19.9 Å². The van der Waals surface area contributed by atoms with Crippen LogP contribution in [0.15, 0.2) is 0 Å². The highest BCUT2D eigenvalue weighted by atomic mass is 16.6. The molecule has 128 valence electrons. The van der Waals surface area contributed by atoms with Crippen LogP contribution in [-0.2, 0) is 4.74 Å². The van der Waals surface area contributed by atoms with E-state index >= 15 is 0 Å². The molecule has 1 amide bonds. The highest BCUT2D eigenvalue weighted by Crippen LogP contribution is 2.26. The van der Waals surface area contributed by atoms with Gasteiger partial charge in [0.15, 0.2) is 0 Å². The number of nitrogens with zero attached hydrogens (tertiary/aromatic N) is 2. The van der Waals surface area contributed by atoms with E-state index in [1.165, 1.54) is 32.5 Å². The molecular formula is C17H33N3O2. The standard InChI is InChI=1S/C17H33N3O2/c1-5-9-20(16(21)22-17(2,3)4)12-8-18-15-7-11-19-10-6-14(15)13-19/h14-15,18H,5-13H2,1-4H3. The van der Waals surface area contributed by atoms with Gasteiger partial charge in [0, 0.05) is 32.2 Å². The molecule has 0 aromatic heterocycles. The lowest BCUT2D eigenvalue weighted by molar-refractivity contribution is 0.0249. The smallest absolute Gasteiger partial charge is 0.410 e. The van der Waals surface area contributed by atoms with E-state index in [2.05, 4.69) is 17.1 Å². The van der Waals surface area contributed by atoms with Crippen molar-refractivity contribution in [3.05, 3.63) is 0 Å². The van der Waals surface area contributed by atoms with Crippen LogP contribution in [-0.4, -0.2) is 66.8 Å². The highest BCUT2D eigenvalue weighted by molar-refractivity contribution is 5.68. The number of ether oxygens (including phenoxy) is 1. The van der Waals surface area contributed by atoms with Crippen molar-refractivity contribution in [2.45, 2.75) is 58.6 Å². The number of hydrogen-bond donors (Lipinski definition) is 1. The van der Waals surface area contributed by atoms with E-state index in [0.717, 1.165) is 32.0 Å². The molecule has 2 aliphatic heterocycles. The molecule has 0 radical (unpaired) electrons. The van der Waals surface area contributed by atoms with Gasteiger partial charge in [-0.1, -0.05) is 6.92 Å². The van der Waals surface area contributed by atoms with E-state index in [0.29, 0.717) is 6.04 Å². The Morgan fingerprint density at radius 3 is 2.68 bits per heavy atom. The third kappa shape index (κ3) is 5.13. The van der Waals surface area contributed by atoms with E-state index in [4.69, 9.17) is 4.74 Å². The molecule has 0 spiro atoms. The minimum absolute atomic E-state index is 0.188. The largest absolute Gasteiger partial charge is 0.444 e. The Kier molecular flexibility index (Phi) is 6.09. The number of piperidine rings is 1. The fourth-order valence-electron chi connectivity index (χ4n) is 3.50. The van der Waals surface area contributed by atoms with Crippen LogP contribution in [0, 0.1) is 5.92 Å². The number of carbonyl (C=O) groups excluding carboxylic acids is 1. The molecule has 2 aliphatic rings. The number of fused-ring (bicyclic) bond motifs is 2. The molecule has 5 heteroatoms. The van der Waals surface area contributed by atoms with Gasteiger partial charge in [-0.2, -0.15) is 0 Å². The van der Waals surface area contributed by atoms with Gasteiger partial charge in [0.25, 0.3) is 0 Å². The molecule has 1 N–H and O–H groups in total. The second-order valence-electron chi connectivity index (χ2n) is 7.67. The summed E-state index contributed by atoms with van der Waals surface area (Å²) in [7, 11) is 0. The van der Waals surface area contributed by atoms with Crippen LogP contribution >= 0.6 is 0 Å². The third-order valence-corrected chi connectivity index (χ3v) is 4.57. The minimum atomic E-state index is -0.423. The normalized spacial score (nSPS) is 27.7. The van der Waals surface area contributed by atoms with Crippen LogP contribution < -0.4 is 5.32 Å². The molecule has 0 aliphatic carbocycles. The summed E-state index contributed by atoms with van der Waals surface area (Å²) in [5.41, 5.74) is -0.423. The summed E-state index contributed by atoms with van der Waals surface area (Å²) < 4.78 is 5.50. The predicted octanol–water partition coefficient (Wildman–Crippen LogP) is 2.32. The number of nitrogens with one attached hydrogen (secondary N) is 1. The first-order valence-corrected chi connectivity index (χ1v) is 8.82. The molecule has 22 heavy (non-hydrogen) atoms.